The summed E-state index contributed by atoms with van der Waals surface area (Å²) in [6.07, 6.45) is 7.25. The summed E-state index contributed by atoms with van der Waals surface area (Å²) in [5, 5.41) is 9.59. The van der Waals surface area contributed by atoms with Crippen LogP contribution in [0, 0.1) is 5.82 Å². The van der Waals surface area contributed by atoms with Crippen molar-refractivity contribution < 1.29 is 42.6 Å². The summed E-state index contributed by atoms with van der Waals surface area (Å²) in [5.74, 6) is -3.41. The number of piperidine rings is 3. The summed E-state index contributed by atoms with van der Waals surface area (Å²) >= 11 is 0. The molecule has 5 aromatic rings. The Balaban J connectivity index is 0.723. The zero-order valence-electron chi connectivity index (χ0n) is 36.5. The number of carbonyl (C=O) groups is 6. The van der Waals surface area contributed by atoms with Crippen LogP contribution in [0.4, 0.5) is 15.9 Å². The molecule has 0 bridgehead atoms. The van der Waals surface area contributed by atoms with Crippen LogP contribution in [0.2, 0.25) is 0 Å². The van der Waals surface area contributed by atoms with E-state index < -0.39 is 35.7 Å². The molecule has 4 N–H and O–H groups in total. The van der Waals surface area contributed by atoms with Gasteiger partial charge in [-0.15, -0.1) is 0 Å². The number of anilines is 2. The van der Waals surface area contributed by atoms with Gasteiger partial charge in [-0.05, 0) is 80.1 Å². The minimum absolute atomic E-state index is 0.0419. The first kappa shape index (κ1) is 44.8. The molecule has 0 aliphatic carbocycles. The van der Waals surface area contributed by atoms with Crippen LogP contribution in [0.25, 0.3) is 11.3 Å². The fourth-order valence-electron chi connectivity index (χ4n) is 9.03. The molecule has 4 aliphatic rings. The molecule has 2 aromatic heterocycles. The van der Waals surface area contributed by atoms with Crippen LogP contribution in [0.1, 0.15) is 93.0 Å². The first-order valence-electron chi connectivity index (χ1n) is 22.4. The van der Waals surface area contributed by atoms with Crippen LogP contribution in [0.15, 0.2) is 91.4 Å². The number of carbonyl (C=O) groups excluding carboxylic acids is 6. The largest absolute Gasteiger partial charge is 0.442 e. The van der Waals surface area contributed by atoms with E-state index in [-0.39, 0.29) is 60.8 Å². The van der Waals surface area contributed by atoms with E-state index in [0.29, 0.717) is 71.7 Å². The molecule has 18 nitrogen and oxygen atoms in total. The number of hydrogen-bond acceptors (Lipinski definition) is 13. The lowest BCUT2D eigenvalue weighted by atomic mass is 10.0. The van der Waals surface area contributed by atoms with Gasteiger partial charge < -0.3 is 35.2 Å². The van der Waals surface area contributed by atoms with E-state index in [0.717, 1.165) is 32.5 Å². The number of fused-ring (bicyclic) bond motifs is 1. The van der Waals surface area contributed by atoms with Crippen LogP contribution in [-0.4, -0.2) is 121 Å². The van der Waals surface area contributed by atoms with Crippen LogP contribution in [-0.2, 0) is 30.4 Å². The van der Waals surface area contributed by atoms with Gasteiger partial charge in [0.2, 0.25) is 17.9 Å². The summed E-state index contributed by atoms with van der Waals surface area (Å²) in [5.41, 5.74) is 9.23. The molecular weight excluding hydrogens is 864 g/mol. The molecule has 67 heavy (non-hydrogen) atoms. The van der Waals surface area contributed by atoms with E-state index in [1.165, 1.54) is 35.4 Å². The van der Waals surface area contributed by atoms with Crippen LogP contribution >= 0.6 is 0 Å². The van der Waals surface area contributed by atoms with Gasteiger partial charge in [0.1, 0.15) is 11.9 Å². The second-order valence-electron chi connectivity index (χ2n) is 17.1. The van der Waals surface area contributed by atoms with Gasteiger partial charge in [-0.2, -0.15) is 5.10 Å². The van der Waals surface area contributed by atoms with E-state index >= 15 is 0 Å². The Bertz CT molecular complexity index is 2680. The Morgan fingerprint density at radius 2 is 1.67 bits per heavy atom. The number of halogens is 1. The molecular formula is C48H49FN10O8. The predicted octanol–water partition coefficient (Wildman–Crippen LogP) is 4.32. The molecule has 19 heteroatoms. The number of imide groups is 1. The molecule has 3 aromatic carbocycles. The molecule has 2 atom stereocenters. The summed E-state index contributed by atoms with van der Waals surface area (Å²) in [6.45, 7) is 4.38. The average Bonchev–Trinajstić information content (AvgIpc) is 3.97. The highest BCUT2D eigenvalue weighted by Gasteiger charge is 2.39. The van der Waals surface area contributed by atoms with Crippen molar-refractivity contribution in [2.24, 2.45) is 0 Å². The van der Waals surface area contributed by atoms with E-state index in [2.05, 4.69) is 30.6 Å². The molecule has 5 amide bonds. The highest BCUT2D eigenvalue weighted by Crippen LogP contribution is 2.30. The molecule has 346 valence electrons. The zero-order valence-corrected chi connectivity index (χ0v) is 36.5. The number of likely N-dealkylation sites (tertiary alicyclic amines) is 2. The number of nitrogens with zero attached hydrogens (tertiary/aromatic N) is 7. The van der Waals surface area contributed by atoms with Gasteiger partial charge in [0.25, 0.3) is 17.7 Å². The fourth-order valence-corrected chi connectivity index (χ4v) is 9.03. The Labute approximate surface area is 384 Å². The molecule has 6 heterocycles. The Kier molecular flexibility index (Phi) is 13.1. The number of nitrogen functional groups attached to an aromatic ring is 1. The molecule has 4 aliphatic heterocycles. The van der Waals surface area contributed by atoms with Gasteiger partial charge in [0.15, 0.2) is 11.5 Å². The number of hydrogen-bond donors (Lipinski definition) is 3. The molecule has 3 fully saturated rings. The van der Waals surface area contributed by atoms with E-state index in [1.54, 1.807) is 54.7 Å². The van der Waals surface area contributed by atoms with Gasteiger partial charge in [-0.25, -0.2) is 19.2 Å². The summed E-state index contributed by atoms with van der Waals surface area (Å²) in [7, 11) is 0. The van der Waals surface area contributed by atoms with Crippen LogP contribution < -0.4 is 16.4 Å². The van der Waals surface area contributed by atoms with Crippen LogP contribution in [0.3, 0.4) is 0 Å². The number of nitrogens with two attached hydrogens (primary N) is 1. The molecule has 3 saturated heterocycles. The molecule has 0 spiro atoms. The maximum absolute atomic E-state index is 13.6. The van der Waals surface area contributed by atoms with Gasteiger partial charge >= 0.3 is 5.97 Å². The number of ether oxygens (including phenoxy) is 2. The fraction of sp³-hybridized carbons (Fsp3) is 0.354. The van der Waals surface area contributed by atoms with Crippen molar-refractivity contribution in [2.75, 3.05) is 50.4 Å². The molecule has 0 saturated carbocycles. The van der Waals surface area contributed by atoms with Gasteiger partial charge in [-0.1, -0.05) is 30.3 Å². The lowest BCUT2D eigenvalue weighted by Crippen LogP contribution is -2.52. The lowest BCUT2D eigenvalue weighted by Gasteiger charge is -2.34. The van der Waals surface area contributed by atoms with E-state index in [4.69, 9.17) is 15.2 Å². The standard InChI is InChI=1S/C48H49FN10O8/c49-33-7-9-34(10-8-33)53-45(62)42(29-4-2-1-3-5-29)67-48(65)41-43(50)51-26-38(54-41)32-25-52-59(28-32)35-14-18-56(19-15-35)22-23-66-36-16-20-57(21-17-36)46(63)30-6-11-37-31(24-30)27-58(47(37)64)39-12-13-40(60)55-44(39)61/h1-11,24-26,28,35-36,39,42H,12-23,27H2,(H2,50,51)(H,53,62)(H,55,60,61)/t39?,42-/m1/s1. The Morgan fingerprint density at radius 3 is 2.42 bits per heavy atom. The Hall–Kier alpha value is -7.38. The maximum Gasteiger partial charge on any atom is 0.361 e. The van der Waals surface area contributed by atoms with Crippen molar-refractivity contribution in [3.05, 3.63) is 125 Å². The molecule has 9 rings (SSSR count). The summed E-state index contributed by atoms with van der Waals surface area (Å²) in [4.78, 5) is 91.9. The van der Waals surface area contributed by atoms with E-state index in [9.17, 15) is 33.2 Å². The second-order valence-corrected chi connectivity index (χ2v) is 17.1. The highest BCUT2D eigenvalue weighted by molar-refractivity contribution is 6.06. The third-order valence-electron chi connectivity index (χ3n) is 12.8. The van der Waals surface area contributed by atoms with Gasteiger partial charge in [0, 0.05) is 79.8 Å². The summed E-state index contributed by atoms with van der Waals surface area (Å²) < 4.78 is 27.4. The van der Waals surface area contributed by atoms with Gasteiger partial charge in [-0.3, -0.25) is 34.0 Å². The van der Waals surface area contributed by atoms with Crippen molar-refractivity contribution in [1.82, 2.24) is 39.8 Å². The van der Waals surface area contributed by atoms with Crippen LogP contribution in [0.5, 0.6) is 0 Å². The SMILES string of the molecule is Nc1ncc(-c2cnn(C3CCN(CCOC4CCN(C(=O)c5ccc6c(c5)CN(C5CCC(=O)NC5=O)C6=O)CC4)CC3)c2)nc1C(=O)O[C@@H](C(=O)Nc1ccc(F)cc1)c1ccccc1. The number of rotatable bonds is 13. The Morgan fingerprint density at radius 1 is 0.910 bits per heavy atom. The minimum atomic E-state index is -1.37. The maximum atomic E-state index is 13.6. The first-order valence-corrected chi connectivity index (χ1v) is 22.4. The number of aromatic nitrogens is 4. The van der Waals surface area contributed by atoms with Crippen molar-refractivity contribution in [3.8, 4) is 11.3 Å². The van der Waals surface area contributed by atoms with Crippen molar-refractivity contribution in [2.45, 2.75) is 69.4 Å². The summed E-state index contributed by atoms with van der Waals surface area (Å²) in [6, 6.07) is 18.2. The predicted molar refractivity (Wildman–Crippen MR) is 239 cm³/mol. The number of esters is 1. The number of amides is 5. The lowest BCUT2D eigenvalue weighted by molar-refractivity contribution is -0.137. The van der Waals surface area contributed by atoms with E-state index in [1.807, 2.05) is 15.8 Å². The highest BCUT2D eigenvalue weighted by atomic mass is 19.1. The molecule has 0 radical (unpaired) electrons. The topological polar surface area (TPSA) is 224 Å². The minimum Gasteiger partial charge on any atom is -0.442 e. The monoisotopic (exact) mass is 912 g/mol. The normalized spacial score (nSPS) is 18.6. The smallest absolute Gasteiger partial charge is 0.361 e. The third kappa shape index (κ3) is 10.1. The zero-order chi connectivity index (χ0) is 46.6. The van der Waals surface area contributed by atoms with Gasteiger partial charge in [0.05, 0.1) is 36.8 Å². The van der Waals surface area contributed by atoms with Crippen molar-refractivity contribution >= 4 is 47.0 Å². The van der Waals surface area contributed by atoms with Crippen molar-refractivity contribution in [1.29, 1.82) is 0 Å². The average molecular weight is 913 g/mol. The number of nitrogens with one attached hydrogen (secondary N) is 2. The third-order valence-corrected chi connectivity index (χ3v) is 12.8. The quantitative estimate of drug-likeness (QED) is 0.111. The first-order chi connectivity index (χ1) is 32.5. The molecule has 1 unspecified atom stereocenters. The van der Waals surface area contributed by atoms with Crippen molar-refractivity contribution in [3.63, 3.8) is 0 Å². The number of benzene rings is 3. The second kappa shape index (κ2) is 19.6.